The average Bonchev–Trinajstić information content (AvgIpc) is 2.88. The van der Waals surface area contributed by atoms with Crippen LogP contribution in [-0.2, 0) is 0 Å². The van der Waals surface area contributed by atoms with Crippen LogP contribution >= 0.6 is 23.4 Å². The summed E-state index contributed by atoms with van der Waals surface area (Å²) in [7, 11) is 1.57. The Labute approximate surface area is 151 Å². The zero-order valence-electron chi connectivity index (χ0n) is 13.6. The van der Waals surface area contributed by atoms with E-state index in [0.717, 1.165) is 25.3 Å². The summed E-state index contributed by atoms with van der Waals surface area (Å²) in [6, 6.07) is 15.7. The summed E-state index contributed by atoms with van der Waals surface area (Å²) in [6.07, 6.45) is 0.948. The number of hydrogen-bond acceptors (Lipinski definition) is 3. The third-order valence-electron chi connectivity index (χ3n) is 4.19. The van der Waals surface area contributed by atoms with Gasteiger partial charge in [0.15, 0.2) is 0 Å². The maximum Gasteiger partial charge on any atom is 0.257 e. The summed E-state index contributed by atoms with van der Waals surface area (Å²) in [5, 5.41) is 0.982. The summed E-state index contributed by atoms with van der Waals surface area (Å²) >= 11 is 7.98. The van der Waals surface area contributed by atoms with Crippen molar-refractivity contribution in [2.24, 2.45) is 0 Å². The summed E-state index contributed by atoms with van der Waals surface area (Å²) in [6.45, 7) is 1.48. The Balaban J connectivity index is 1.74. The number of methoxy groups -OCH3 is 1. The highest BCUT2D eigenvalue weighted by Crippen LogP contribution is 2.35. The van der Waals surface area contributed by atoms with Gasteiger partial charge in [-0.3, -0.25) is 4.79 Å². The van der Waals surface area contributed by atoms with Crippen molar-refractivity contribution in [3.63, 3.8) is 0 Å². The topological polar surface area (TPSA) is 29.5 Å². The number of rotatable bonds is 3. The Hall–Kier alpha value is -1.65. The number of thioether (sulfide) groups is 1. The first-order valence-corrected chi connectivity index (χ1v) is 9.41. The van der Waals surface area contributed by atoms with Gasteiger partial charge in [-0.2, -0.15) is 11.8 Å². The van der Waals surface area contributed by atoms with Gasteiger partial charge in [0.25, 0.3) is 5.91 Å². The van der Waals surface area contributed by atoms with Crippen LogP contribution in [0.4, 0.5) is 0 Å². The molecule has 5 heteroatoms. The number of carbonyl (C=O) groups is 1. The number of halogens is 1. The molecule has 2 aromatic carbocycles. The van der Waals surface area contributed by atoms with Crippen molar-refractivity contribution in [3.8, 4) is 5.75 Å². The molecule has 126 valence electrons. The van der Waals surface area contributed by atoms with Crippen molar-refractivity contribution >= 4 is 29.3 Å². The van der Waals surface area contributed by atoms with Crippen LogP contribution < -0.4 is 4.74 Å². The molecule has 0 bridgehead atoms. The summed E-state index contributed by atoms with van der Waals surface area (Å²) < 4.78 is 5.32. The van der Waals surface area contributed by atoms with Crippen LogP contribution in [0.3, 0.4) is 0 Å². The number of benzene rings is 2. The monoisotopic (exact) mass is 361 g/mol. The Morgan fingerprint density at radius 2 is 2.00 bits per heavy atom. The second-order valence-electron chi connectivity index (χ2n) is 5.70. The molecule has 0 aliphatic carbocycles. The third-order valence-corrected chi connectivity index (χ3v) is 5.76. The van der Waals surface area contributed by atoms with Crippen molar-refractivity contribution < 1.29 is 9.53 Å². The fourth-order valence-corrected chi connectivity index (χ4v) is 4.33. The van der Waals surface area contributed by atoms with E-state index in [-0.39, 0.29) is 5.91 Å². The molecule has 24 heavy (non-hydrogen) atoms. The molecule has 0 saturated carbocycles. The van der Waals surface area contributed by atoms with Crippen LogP contribution in [0.1, 0.15) is 27.6 Å². The maximum atomic E-state index is 12.9. The molecule has 1 atom stereocenters. The second-order valence-corrected chi connectivity index (χ2v) is 7.44. The zero-order valence-corrected chi connectivity index (χ0v) is 15.1. The number of carbonyl (C=O) groups excluding carboxylic acids is 1. The van der Waals surface area contributed by atoms with Crippen LogP contribution in [-0.4, -0.2) is 36.8 Å². The van der Waals surface area contributed by atoms with Gasteiger partial charge in [-0.25, -0.2) is 0 Å². The van der Waals surface area contributed by atoms with Crippen LogP contribution in [0.5, 0.6) is 5.75 Å². The van der Waals surface area contributed by atoms with Gasteiger partial charge in [-0.15, -0.1) is 0 Å². The lowest BCUT2D eigenvalue weighted by molar-refractivity contribution is 0.0763. The Morgan fingerprint density at radius 3 is 2.75 bits per heavy atom. The average molecular weight is 362 g/mol. The second kappa shape index (κ2) is 7.95. The zero-order chi connectivity index (χ0) is 16.9. The molecule has 0 spiro atoms. The largest absolute Gasteiger partial charge is 0.496 e. The predicted octanol–water partition coefficient (Wildman–Crippen LogP) is 4.67. The molecular formula is C19H20ClNO2S. The van der Waals surface area contributed by atoms with E-state index < -0.39 is 0 Å². The van der Waals surface area contributed by atoms with Crippen molar-refractivity contribution in [2.45, 2.75) is 11.7 Å². The molecule has 0 aromatic heterocycles. The van der Waals surface area contributed by atoms with Crippen LogP contribution in [0, 0.1) is 0 Å². The molecule has 1 amide bonds. The minimum Gasteiger partial charge on any atom is -0.496 e. The van der Waals surface area contributed by atoms with E-state index in [1.165, 1.54) is 5.56 Å². The molecular weight excluding hydrogens is 342 g/mol. The lowest BCUT2D eigenvalue weighted by atomic mass is 10.1. The van der Waals surface area contributed by atoms with E-state index in [1.54, 1.807) is 25.3 Å². The predicted molar refractivity (Wildman–Crippen MR) is 100 cm³/mol. The van der Waals surface area contributed by atoms with Crippen molar-refractivity contribution in [2.75, 3.05) is 26.0 Å². The number of ether oxygens (including phenoxy) is 1. The lowest BCUT2D eigenvalue weighted by Gasteiger charge is -2.21. The normalized spacial score (nSPS) is 18.1. The van der Waals surface area contributed by atoms with Gasteiger partial charge in [0.05, 0.1) is 12.7 Å². The van der Waals surface area contributed by atoms with Crippen molar-refractivity contribution in [3.05, 3.63) is 64.7 Å². The summed E-state index contributed by atoms with van der Waals surface area (Å²) in [5.74, 6) is 1.48. The first-order valence-electron chi connectivity index (χ1n) is 7.98. The minimum atomic E-state index is -0.0105. The Bertz CT molecular complexity index is 708. The van der Waals surface area contributed by atoms with Crippen LogP contribution in [0.25, 0.3) is 0 Å². The van der Waals surface area contributed by atoms with E-state index in [4.69, 9.17) is 16.3 Å². The lowest BCUT2D eigenvalue weighted by Crippen LogP contribution is -2.33. The summed E-state index contributed by atoms with van der Waals surface area (Å²) in [5.41, 5.74) is 1.87. The van der Waals surface area contributed by atoms with Crippen molar-refractivity contribution in [1.29, 1.82) is 0 Å². The molecule has 0 N–H and O–H groups in total. The Morgan fingerprint density at radius 1 is 1.21 bits per heavy atom. The molecule has 3 nitrogen and oxygen atoms in total. The van der Waals surface area contributed by atoms with Crippen molar-refractivity contribution in [1.82, 2.24) is 4.90 Å². The first kappa shape index (κ1) is 17.2. The number of amides is 1. The molecule has 0 radical (unpaired) electrons. The minimum absolute atomic E-state index is 0.0105. The highest BCUT2D eigenvalue weighted by atomic mass is 35.5. The first-order chi connectivity index (χ1) is 11.7. The van der Waals surface area contributed by atoms with E-state index in [0.29, 0.717) is 21.6 Å². The van der Waals surface area contributed by atoms with E-state index >= 15 is 0 Å². The summed E-state index contributed by atoms with van der Waals surface area (Å²) in [4.78, 5) is 14.8. The van der Waals surface area contributed by atoms with Gasteiger partial charge in [-0.1, -0.05) is 41.9 Å². The van der Waals surface area contributed by atoms with Gasteiger partial charge in [0.2, 0.25) is 0 Å². The fraction of sp³-hybridized carbons (Fsp3) is 0.316. The Kier molecular flexibility index (Phi) is 5.69. The number of hydrogen-bond donors (Lipinski definition) is 0. The molecule has 2 aromatic rings. The molecule has 1 aliphatic heterocycles. The van der Waals surface area contributed by atoms with Crippen LogP contribution in [0.2, 0.25) is 5.02 Å². The van der Waals surface area contributed by atoms with Gasteiger partial charge >= 0.3 is 0 Å². The van der Waals surface area contributed by atoms with Gasteiger partial charge in [0, 0.05) is 29.1 Å². The fourth-order valence-electron chi connectivity index (χ4n) is 2.92. The van der Waals surface area contributed by atoms with E-state index in [9.17, 15) is 4.79 Å². The number of nitrogens with zero attached hydrogens (tertiary/aromatic N) is 1. The van der Waals surface area contributed by atoms with Gasteiger partial charge in [-0.05, 0) is 30.2 Å². The molecule has 1 saturated heterocycles. The van der Waals surface area contributed by atoms with Crippen LogP contribution in [0.15, 0.2) is 48.5 Å². The smallest absolute Gasteiger partial charge is 0.257 e. The molecule has 3 rings (SSSR count). The van der Waals surface area contributed by atoms with E-state index in [2.05, 4.69) is 24.3 Å². The molecule has 1 fully saturated rings. The molecule has 1 heterocycles. The molecule has 1 aliphatic rings. The third kappa shape index (κ3) is 3.87. The highest BCUT2D eigenvalue weighted by Gasteiger charge is 2.24. The van der Waals surface area contributed by atoms with E-state index in [1.807, 2.05) is 22.7 Å². The quantitative estimate of drug-likeness (QED) is 0.795. The molecule has 1 unspecified atom stereocenters. The van der Waals surface area contributed by atoms with Gasteiger partial charge < -0.3 is 9.64 Å². The highest BCUT2D eigenvalue weighted by molar-refractivity contribution is 7.99. The standard InChI is InChI=1S/C19H20ClNO2S/c1-23-17-8-7-15(20)13-16(17)19(22)21-10-9-18(24-12-11-21)14-5-3-2-4-6-14/h2-8,13,18H,9-12H2,1H3. The SMILES string of the molecule is COc1ccc(Cl)cc1C(=O)N1CCSC(c2ccccc2)CC1. The maximum absolute atomic E-state index is 12.9. The van der Waals surface area contributed by atoms with Gasteiger partial charge in [0.1, 0.15) is 5.75 Å².